The zero-order chi connectivity index (χ0) is 35.1. The molecule has 0 aliphatic carbocycles. The Bertz CT molecular complexity index is 1810. The minimum absolute atomic E-state index is 0.128. The fourth-order valence-electron chi connectivity index (χ4n) is 7.13. The average molecular weight is 718 g/mol. The lowest BCUT2D eigenvalue weighted by molar-refractivity contribution is -0.153. The normalized spacial score (nSPS) is 22.6. The molecule has 262 valence electrons. The van der Waals surface area contributed by atoms with E-state index in [1.54, 1.807) is 22.1 Å². The van der Waals surface area contributed by atoms with Crippen molar-refractivity contribution in [2.45, 2.75) is 87.6 Å². The van der Waals surface area contributed by atoms with Crippen LogP contribution in [0.1, 0.15) is 79.2 Å². The number of alkyl halides is 2. The molecule has 1 aromatic carbocycles. The van der Waals surface area contributed by atoms with Gasteiger partial charge in [-0.1, -0.05) is 31.9 Å². The van der Waals surface area contributed by atoms with Crippen molar-refractivity contribution in [3.8, 4) is 0 Å². The second-order valence-corrected chi connectivity index (χ2v) is 15.8. The van der Waals surface area contributed by atoms with Crippen molar-refractivity contribution < 1.29 is 42.3 Å². The van der Waals surface area contributed by atoms with E-state index in [1.165, 1.54) is 12.1 Å². The Hall–Kier alpha value is -3.78. The van der Waals surface area contributed by atoms with Gasteiger partial charge in [0.05, 0.1) is 23.7 Å². The third-order valence-electron chi connectivity index (χ3n) is 9.62. The van der Waals surface area contributed by atoms with Crippen molar-refractivity contribution >= 4 is 52.6 Å². The van der Waals surface area contributed by atoms with Gasteiger partial charge in [0.15, 0.2) is 0 Å². The summed E-state index contributed by atoms with van der Waals surface area (Å²) < 4.78 is 40.4. The number of aromatic nitrogens is 1. The predicted octanol–water partition coefficient (Wildman–Crippen LogP) is 4.21. The Morgan fingerprint density at radius 1 is 1.08 bits per heavy atom. The molecule has 6 rings (SSSR count). The molecule has 0 spiro atoms. The summed E-state index contributed by atoms with van der Waals surface area (Å²) in [5.41, 5.74) is -5.43. The molecule has 4 N–H and O–H groups in total. The molecular weight excluding hydrogens is 679 g/mol. The summed E-state index contributed by atoms with van der Waals surface area (Å²) in [6.07, 6.45) is 6.36. The number of amides is 4. The maximum Gasteiger partial charge on any atom is 0.399 e. The van der Waals surface area contributed by atoms with Gasteiger partial charge in [0.1, 0.15) is 17.6 Å². The largest absolute Gasteiger partial charge is 0.399 e. The van der Waals surface area contributed by atoms with E-state index in [0.29, 0.717) is 48.9 Å². The standard InChI is InChI=1S/C33H38F2N5O7PS/c1-2-7-28(41)38-32(27-10-5-6-15-36-27)18-39(19-32)31(44)24-13-12-22-8-3-4-9-23(30(43)40(22)24)37-29(42)26-17-20-16-21(11-14-25(20)49-26)33(34,35)48(45,46)47/h5-6,10-11,14-17,22-24H,2-4,7-9,12-13,18-19H2,1H3,(H,37,42)(H,38,41)(H2,45,46,47)/t22-,23-,24-/m0/s1. The van der Waals surface area contributed by atoms with Crippen LogP contribution in [0.5, 0.6) is 0 Å². The molecule has 0 radical (unpaired) electrons. The van der Waals surface area contributed by atoms with Crippen LogP contribution in [0.25, 0.3) is 10.1 Å². The number of nitrogens with zero attached hydrogens (tertiary/aromatic N) is 3. The van der Waals surface area contributed by atoms with E-state index in [4.69, 9.17) is 9.79 Å². The average Bonchev–Trinajstić information content (AvgIpc) is 3.66. The molecule has 5 heterocycles. The quantitative estimate of drug-likeness (QED) is 0.239. The van der Waals surface area contributed by atoms with E-state index in [1.807, 2.05) is 19.1 Å². The Morgan fingerprint density at radius 2 is 1.84 bits per heavy atom. The van der Waals surface area contributed by atoms with E-state index < -0.39 is 42.4 Å². The fourth-order valence-corrected chi connectivity index (χ4v) is 8.55. The third-order valence-corrected chi connectivity index (χ3v) is 11.7. The van der Waals surface area contributed by atoms with E-state index in [2.05, 4.69) is 15.6 Å². The van der Waals surface area contributed by atoms with Crippen LogP contribution in [0.3, 0.4) is 0 Å². The smallest absolute Gasteiger partial charge is 0.342 e. The number of halogens is 2. The van der Waals surface area contributed by atoms with Gasteiger partial charge in [-0.3, -0.25) is 28.7 Å². The molecule has 16 heteroatoms. The highest BCUT2D eigenvalue weighted by Crippen LogP contribution is 2.59. The molecule has 3 aromatic rings. The highest BCUT2D eigenvalue weighted by molar-refractivity contribution is 7.52. The van der Waals surface area contributed by atoms with Crippen molar-refractivity contribution in [3.05, 3.63) is 64.8 Å². The molecule has 12 nitrogen and oxygen atoms in total. The molecule has 3 saturated heterocycles. The predicted molar refractivity (Wildman–Crippen MR) is 177 cm³/mol. The maximum absolute atomic E-state index is 14.3. The number of fused-ring (bicyclic) bond motifs is 2. The molecule has 3 aliphatic heterocycles. The molecule has 0 saturated carbocycles. The third kappa shape index (κ3) is 6.73. The minimum Gasteiger partial charge on any atom is -0.342 e. The molecule has 4 amide bonds. The van der Waals surface area contributed by atoms with Crippen LogP contribution in [0.15, 0.2) is 48.7 Å². The van der Waals surface area contributed by atoms with Crippen LogP contribution >= 0.6 is 18.9 Å². The van der Waals surface area contributed by atoms with Crippen molar-refractivity contribution in [3.63, 3.8) is 0 Å². The molecule has 0 unspecified atom stereocenters. The van der Waals surface area contributed by atoms with Crippen LogP contribution in [0.2, 0.25) is 0 Å². The molecule has 49 heavy (non-hydrogen) atoms. The summed E-state index contributed by atoms with van der Waals surface area (Å²) >= 11 is 1.00. The first-order valence-electron chi connectivity index (χ1n) is 16.4. The van der Waals surface area contributed by atoms with Crippen LogP contribution < -0.4 is 10.6 Å². The number of nitrogens with one attached hydrogen (secondary N) is 2. The molecule has 3 atom stereocenters. The second kappa shape index (κ2) is 13.5. The van der Waals surface area contributed by atoms with Gasteiger partial charge in [-0.05, 0) is 67.8 Å². The summed E-state index contributed by atoms with van der Waals surface area (Å²) in [6, 6.07) is 8.12. The Labute approximate surface area is 285 Å². The zero-order valence-electron chi connectivity index (χ0n) is 26.8. The van der Waals surface area contributed by atoms with Gasteiger partial charge in [-0.2, -0.15) is 8.78 Å². The zero-order valence-corrected chi connectivity index (χ0v) is 28.5. The summed E-state index contributed by atoms with van der Waals surface area (Å²) in [6.45, 7) is 2.35. The van der Waals surface area contributed by atoms with Gasteiger partial charge < -0.3 is 30.2 Å². The number of thiophene rings is 1. The Kier molecular flexibility index (Phi) is 9.66. The molecular formula is C33H38F2N5O7PS. The first kappa shape index (κ1) is 35.1. The fraction of sp³-hybridized carbons (Fsp3) is 0.485. The van der Waals surface area contributed by atoms with Gasteiger partial charge in [0.25, 0.3) is 5.91 Å². The monoisotopic (exact) mass is 717 g/mol. The number of carbonyl (C=O) groups is 4. The summed E-state index contributed by atoms with van der Waals surface area (Å²) in [7, 11) is -5.77. The van der Waals surface area contributed by atoms with Crippen LogP contribution in [-0.2, 0) is 30.2 Å². The van der Waals surface area contributed by atoms with E-state index >= 15 is 0 Å². The highest BCUT2D eigenvalue weighted by Gasteiger charge is 2.53. The number of pyridine rings is 1. The summed E-state index contributed by atoms with van der Waals surface area (Å²) in [5, 5.41) is 6.10. The van der Waals surface area contributed by atoms with E-state index in [0.717, 1.165) is 36.3 Å². The molecule has 0 bridgehead atoms. The van der Waals surface area contributed by atoms with Crippen LogP contribution in [0.4, 0.5) is 8.78 Å². The first-order chi connectivity index (χ1) is 23.2. The van der Waals surface area contributed by atoms with Crippen molar-refractivity contribution in [2.75, 3.05) is 13.1 Å². The highest BCUT2D eigenvalue weighted by atomic mass is 32.1. The summed E-state index contributed by atoms with van der Waals surface area (Å²) in [5.74, 6) is -1.29. The number of hydrogen-bond acceptors (Lipinski definition) is 7. The molecule has 3 fully saturated rings. The minimum atomic E-state index is -5.77. The lowest BCUT2D eigenvalue weighted by Crippen LogP contribution is -2.71. The van der Waals surface area contributed by atoms with Gasteiger partial charge in [0.2, 0.25) is 17.7 Å². The molecule has 3 aliphatic rings. The number of rotatable bonds is 9. The number of carbonyl (C=O) groups excluding carboxylic acids is 4. The lowest BCUT2D eigenvalue weighted by Gasteiger charge is -2.51. The second-order valence-electron chi connectivity index (χ2n) is 13.0. The number of likely N-dealkylation sites (tertiary alicyclic amines) is 1. The SMILES string of the molecule is CCCC(=O)NC1(c2ccccn2)CN(C(=O)[C@@H]2CC[C@@H]3CCCC[C@H](NC(=O)c4cc5cc(C(F)(F)P(=O)(O)O)ccc5s4)C(=O)N32)C1. The Balaban J connectivity index is 1.17. The van der Waals surface area contributed by atoms with Gasteiger partial charge in [0, 0.05) is 28.9 Å². The topological polar surface area (TPSA) is 169 Å². The van der Waals surface area contributed by atoms with Crippen LogP contribution in [-0.4, -0.2) is 79.4 Å². The Morgan fingerprint density at radius 3 is 2.53 bits per heavy atom. The van der Waals surface area contributed by atoms with Gasteiger partial charge >= 0.3 is 13.3 Å². The maximum atomic E-state index is 14.3. The van der Waals surface area contributed by atoms with E-state index in [9.17, 15) is 32.5 Å². The first-order valence-corrected chi connectivity index (χ1v) is 18.8. The van der Waals surface area contributed by atoms with Crippen LogP contribution in [0, 0.1) is 0 Å². The molecule has 2 aromatic heterocycles. The van der Waals surface area contributed by atoms with Gasteiger partial charge in [-0.15, -0.1) is 11.3 Å². The number of benzene rings is 1. The van der Waals surface area contributed by atoms with Crippen molar-refractivity contribution in [1.29, 1.82) is 0 Å². The van der Waals surface area contributed by atoms with E-state index in [-0.39, 0.29) is 47.1 Å². The summed E-state index contributed by atoms with van der Waals surface area (Å²) in [4.78, 5) is 80.3. The lowest BCUT2D eigenvalue weighted by atomic mass is 9.84. The number of hydrogen-bond donors (Lipinski definition) is 4. The van der Waals surface area contributed by atoms with Crippen molar-refractivity contribution in [1.82, 2.24) is 25.4 Å². The van der Waals surface area contributed by atoms with Crippen molar-refractivity contribution in [2.24, 2.45) is 0 Å². The van der Waals surface area contributed by atoms with Gasteiger partial charge in [-0.25, -0.2) is 0 Å².